The van der Waals surface area contributed by atoms with Gasteiger partial charge in [0.2, 0.25) is 0 Å². The molecule has 0 unspecified atom stereocenters. The monoisotopic (exact) mass is 236 g/mol. The van der Waals surface area contributed by atoms with Crippen molar-refractivity contribution in [2.75, 3.05) is 13.7 Å². The van der Waals surface area contributed by atoms with Gasteiger partial charge in [-0.2, -0.15) is 0 Å². The molecule has 0 amide bonds. The van der Waals surface area contributed by atoms with Crippen LogP contribution in [0.3, 0.4) is 0 Å². The van der Waals surface area contributed by atoms with Gasteiger partial charge in [-0.05, 0) is 25.7 Å². The lowest BCUT2D eigenvalue weighted by molar-refractivity contribution is -0.146. The van der Waals surface area contributed by atoms with Crippen LogP contribution in [0.25, 0.3) is 0 Å². The number of carbonyl (C=O) groups is 2. The minimum absolute atomic E-state index is 0.190. The molecule has 0 atom stereocenters. The molecule has 4 nitrogen and oxygen atoms in total. The second-order valence-corrected chi connectivity index (χ2v) is 5.12. The standard InChI is InChI=1S/C13H16O4/c1-16-12(15)13(5-6-13)11-9(4-7-17-11)10(14)8-2-3-8/h8H,2-7H2,1H3. The van der Waals surface area contributed by atoms with Crippen molar-refractivity contribution in [2.24, 2.45) is 11.3 Å². The zero-order valence-electron chi connectivity index (χ0n) is 9.95. The fourth-order valence-electron chi connectivity index (χ4n) is 2.55. The Kier molecular flexibility index (Phi) is 2.28. The van der Waals surface area contributed by atoms with Crippen LogP contribution in [0.15, 0.2) is 11.3 Å². The summed E-state index contributed by atoms with van der Waals surface area (Å²) in [6.45, 7) is 0.530. The largest absolute Gasteiger partial charge is 0.496 e. The lowest BCUT2D eigenvalue weighted by Crippen LogP contribution is -2.22. The van der Waals surface area contributed by atoms with E-state index in [4.69, 9.17) is 9.47 Å². The third-order valence-electron chi connectivity index (χ3n) is 3.88. The highest BCUT2D eigenvalue weighted by Gasteiger charge is 2.58. The molecule has 0 bridgehead atoms. The number of hydrogen-bond acceptors (Lipinski definition) is 4. The van der Waals surface area contributed by atoms with Crippen LogP contribution in [0.1, 0.15) is 32.1 Å². The van der Waals surface area contributed by atoms with E-state index in [1.807, 2.05) is 0 Å². The van der Waals surface area contributed by atoms with Crippen molar-refractivity contribution in [1.29, 1.82) is 0 Å². The molecule has 2 saturated carbocycles. The van der Waals surface area contributed by atoms with Gasteiger partial charge in [0.05, 0.1) is 13.7 Å². The first-order valence-electron chi connectivity index (χ1n) is 6.18. The minimum atomic E-state index is -0.620. The number of ketones is 1. The van der Waals surface area contributed by atoms with E-state index < -0.39 is 5.41 Å². The molecule has 2 fully saturated rings. The Bertz CT molecular complexity index is 413. The highest BCUT2D eigenvalue weighted by atomic mass is 16.5. The van der Waals surface area contributed by atoms with Gasteiger partial charge in [-0.3, -0.25) is 9.59 Å². The van der Waals surface area contributed by atoms with Crippen LogP contribution in [0.5, 0.6) is 0 Å². The van der Waals surface area contributed by atoms with E-state index in [-0.39, 0.29) is 17.7 Å². The number of rotatable bonds is 4. The molecule has 0 aromatic heterocycles. The molecule has 1 heterocycles. The molecule has 0 N–H and O–H groups in total. The van der Waals surface area contributed by atoms with E-state index >= 15 is 0 Å². The van der Waals surface area contributed by atoms with Crippen LogP contribution >= 0.6 is 0 Å². The maximum atomic E-state index is 12.1. The number of ether oxygens (including phenoxy) is 2. The second kappa shape index (κ2) is 3.59. The van der Waals surface area contributed by atoms with Crippen LogP contribution in [0.2, 0.25) is 0 Å². The van der Waals surface area contributed by atoms with Crippen molar-refractivity contribution in [1.82, 2.24) is 0 Å². The van der Waals surface area contributed by atoms with Gasteiger partial charge < -0.3 is 9.47 Å². The predicted molar refractivity (Wildman–Crippen MR) is 59.0 cm³/mol. The predicted octanol–water partition coefficient (Wildman–Crippen LogP) is 1.59. The summed E-state index contributed by atoms with van der Waals surface area (Å²) in [7, 11) is 1.39. The van der Waals surface area contributed by atoms with E-state index in [9.17, 15) is 9.59 Å². The molecule has 2 aliphatic carbocycles. The van der Waals surface area contributed by atoms with Crippen LogP contribution in [-0.2, 0) is 19.1 Å². The molecule has 92 valence electrons. The van der Waals surface area contributed by atoms with Crippen LogP contribution in [-0.4, -0.2) is 25.5 Å². The summed E-state index contributed by atoms with van der Waals surface area (Å²) >= 11 is 0. The van der Waals surface area contributed by atoms with Gasteiger partial charge in [-0.25, -0.2) is 0 Å². The van der Waals surface area contributed by atoms with Crippen molar-refractivity contribution in [3.8, 4) is 0 Å². The van der Waals surface area contributed by atoms with Crippen molar-refractivity contribution in [3.63, 3.8) is 0 Å². The number of Topliss-reactive ketones (excluding diaryl/α,β-unsaturated/α-hetero) is 1. The summed E-state index contributed by atoms with van der Waals surface area (Å²) in [5.74, 6) is 0.763. The molecule has 3 rings (SSSR count). The molecule has 17 heavy (non-hydrogen) atoms. The van der Waals surface area contributed by atoms with Crippen LogP contribution in [0, 0.1) is 11.3 Å². The Balaban J connectivity index is 1.92. The normalized spacial score (nSPS) is 25.5. The summed E-state index contributed by atoms with van der Waals surface area (Å²) in [6.07, 6.45) is 4.12. The molecular formula is C13H16O4. The Morgan fingerprint density at radius 3 is 2.59 bits per heavy atom. The second-order valence-electron chi connectivity index (χ2n) is 5.12. The van der Waals surface area contributed by atoms with Crippen molar-refractivity contribution >= 4 is 11.8 Å². The Hall–Kier alpha value is -1.32. The van der Waals surface area contributed by atoms with Gasteiger partial charge in [0.15, 0.2) is 5.78 Å². The lowest BCUT2D eigenvalue weighted by Gasteiger charge is -2.15. The van der Waals surface area contributed by atoms with Gasteiger partial charge >= 0.3 is 5.97 Å². The molecule has 4 heteroatoms. The Morgan fingerprint density at radius 1 is 1.35 bits per heavy atom. The van der Waals surface area contributed by atoms with Crippen LogP contribution in [0.4, 0.5) is 0 Å². The summed E-state index contributed by atoms with van der Waals surface area (Å²) < 4.78 is 10.4. The first-order chi connectivity index (χ1) is 8.19. The highest BCUT2D eigenvalue weighted by Crippen LogP contribution is 2.56. The highest BCUT2D eigenvalue weighted by molar-refractivity contribution is 6.01. The molecule has 3 aliphatic rings. The average Bonchev–Trinajstić information content (AvgIpc) is 3.26. The summed E-state index contributed by atoms with van der Waals surface area (Å²) in [6, 6.07) is 0. The summed E-state index contributed by atoms with van der Waals surface area (Å²) in [5, 5.41) is 0. The molecular weight excluding hydrogens is 220 g/mol. The van der Waals surface area contributed by atoms with Gasteiger partial charge in [-0.15, -0.1) is 0 Å². The quantitative estimate of drug-likeness (QED) is 0.696. The van der Waals surface area contributed by atoms with E-state index in [0.717, 1.165) is 31.3 Å². The number of methoxy groups -OCH3 is 1. The third-order valence-corrected chi connectivity index (χ3v) is 3.88. The number of carbonyl (C=O) groups excluding carboxylic acids is 2. The van der Waals surface area contributed by atoms with Crippen molar-refractivity contribution < 1.29 is 19.1 Å². The first kappa shape index (κ1) is 10.8. The molecule has 0 aromatic carbocycles. The molecule has 0 saturated heterocycles. The van der Waals surface area contributed by atoms with Gasteiger partial charge in [0.25, 0.3) is 0 Å². The van der Waals surface area contributed by atoms with E-state index in [2.05, 4.69) is 0 Å². The van der Waals surface area contributed by atoms with E-state index in [1.54, 1.807) is 0 Å². The zero-order chi connectivity index (χ0) is 12.0. The van der Waals surface area contributed by atoms with Gasteiger partial charge in [0.1, 0.15) is 11.2 Å². The molecule has 1 aliphatic heterocycles. The minimum Gasteiger partial charge on any atom is -0.496 e. The Morgan fingerprint density at radius 2 is 2.06 bits per heavy atom. The SMILES string of the molecule is COC(=O)C1(C2=C(C(=O)C3CC3)CCO2)CC1. The topological polar surface area (TPSA) is 52.6 Å². The molecule has 0 spiro atoms. The van der Waals surface area contributed by atoms with E-state index in [1.165, 1.54) is 7.11 Å². The maximum Gasteiger partial charge on any atom is 0.319 e. The zero-order valence-corrected chi connectivity index (χ0v) is 9.95. The van der Waals surface area contributed by atoms with Crippen molar-refractivity contribution in [3.05, 3.63) is 11.3 Å². The smallest absolute Gasteiger partial charge is 0.319 e. The Labute approximate surface area is 100.0 Å². The van der Waals surface area contributed by atoms with Gasteiger partial charge in [-0.1, -0.05) is 0 Å². The maximum absolute atomic E-state index is 12.1. The number of hydrogen-bond donors (Lipinski definition) is 0. The van der Waals surface area contributed by atoms with E-state index in [0.29, 0.717) is 18.8 Å². The molecule has 0 aromatic rings. The van der Waals surface area contributed by atoms with Crippen molar-refractivity contribution in [2.45, 2.75) is 32.1 Å². The fourth-order valence-corrected chi connectivity index (χ4v) is 2.55. The van der Waals surface area contributed by atoms with Gasteiger partial charge in [0, 0.05) is 17.9 Å². The van der Waals surface area contributed by atoms with Crippen LogP contribution < -0.4 is 0 Å². The average molecular weight is 236 g/mol. The third kappa shape index (κ3) is 1.58. The summed E-state index contributed by atoms with van der Waals surface area (Å²) in [4.78, 5) is 23.9. The molecule has 0 radical (unpaired) electrons. The first-order valence-corrected chi connectivity index (χ1v) is 6.18. The fraction of sp³-hybridized carbons (Fsp3) is 0.692. The number of esters is 1. The summed E-state index contributed by atoms with van der Waals surface area (Å²) in [5.41, 5.74) is 0.140. The lowest BCUT2D eigenvalue weighted by atomic mass is 9.95.